The Labute approximate surface area is 97.9 Å². The van der Waals surface area contributed by atoms with Crippen LogP contribution in [-0.2, 0) is 0 Å². The van der Waals surface area contributed by atoms with Crippen LogP contribution in [0.25, 0.3) is 22.1 Å². The highest BCUT2D eigenvalue weighted by atomic mass is 16.2. The molecular formula is C12H4N2O4. The molecule has 0 fully saturated rings. The summed E-state index contributed by atoms with van der Waals surface area (Å²) in [5.41, 5.74) is -4.76. The highest BCUT2D eigenvalue weighted by molar-refractivity contribution is 5.85. The second kappa shape index (κ2) is 3.36. The Balaban J connectivity index is 2.76. The molecule has 6 nitrogen and oxygen atoms in total. The fourth-order valence-electron chi connectivity index (χ4n) is 1.74. The summed E-state index contributed by atoms with van der Waals surface area (Å²) in [7, 11) is 0. The molecule has 86 valence electrons. The van der Waals surface area contributed by atoms with Crippen molar-refractivity contribution in [2.75, 3.05) is 0 Å². The van der Waals surface area contributed by atoms with Crippen LogP contribution in [0.15, 0.2) is 43.4 Å². The lowest BCUT2D eigenvalue weighted by Crippen LogP contribution is -2.47. The number of benzene rings is 2. The average Bonchev–Trinajstić information content (AvgIpc) is 2.41. The normalized spacial score (nSPS) is 11.1. The molecule has 18 heavy (non-hydrogen) atoms. The first-order chi connectivity index (χ1) is 8.59. The predicted octanol–water partition coefficient (Wildman–Crippen LogP) is -0.901. The van der Waals surface area contributed by atoms with E-state index in [0.29, 0.717) is 11.0 Å². The van der Waals surface area contributed by atoms with Crippen molar-refractivity contribution >= 4 is 22.1 Å². The maximum Gasteiger partial charge on any atom is 0.279 e. The molecule has 0 aliphatic rings. The molecule has 1 aromatic heterocycles. The molecule has 0 amide bonds. The maximum atomic E-state index is 11.6. The molecule has 2 aromatic carbocycles. The van der Waals surface area contributed by atoms with Gasteiger partial charge >= 0.3 is 0 Å². The summed E-state index contributed by atoms with van der Waals surface area (Å²) in [4.78, 5) is 53.5. The first-order valence-electron chi connectivity index (χ1n) is 5.04. The van der Waals surface area contributed by atoms with Crippen molar-refractivity contribution in [3.05, 3.63) is 65.2 Å². The number of fused-ring (bicyclic) bond motifs is 2. The van der Waals surface area contributed by atoms with Crippen molar-refractivity contribution in [2.24, 2.45) is 0 Å². The Morgan fingerprint density at radius 2 is 1.00 bits per heavy atom. The third-order valence-corrected chi connectivity index (χ3v) is 2.62. The largest absolute Gasteiger partial charge is 0.283 e. The van der Waals surface area contributed by atoms with Crippen LogP contribution in [0.2, 0.25) is 0 Å². The fraction of sp³-hybridized carbons (Fsp3) is 0. The van der Waals surface area contributed by atoms with Gasteiger partial charge in [-0.15, -0.1) is 0 Å². The summed E-state index contributed by atoms with van der Waals surface area (Å²) in [6, 6.07) is 6.57. The van der Waals surface area contributed by atoms with Crippen LogP contribution in [-0.4, -0.2) is 9.97 Å². The van der Waals surface area contributed by atoms with E-state index in [-0.39, 0.29) is 11.0 Å². The first-order valence-corrected chi connectivity index (χ1v) is 5.04. The van der Waals surface area contributed by atoms with Gasteiger partial charge in [0.15, 0.2) is 0 Å². The Hall–Kier alpha value is -2.76. The van der Waals surface area contributed by atoms with Crippen molar-refractivity contribution in [1.29, 1.82) is 0 Å². The van der Waals surface area contributed by atoms with Crippen LogP contribution in [0.3, 0.4) is 0 Å². The van der Waals surface area contributed by atoms with Gasteiger partial charge in [-0.25, -0.2) is 9.97 Å². The lowest BCUT2D eigenvalue weighted by atomic mass is 10.2. The Morgan fingerprint density at radius 3 is 1.39 bits per heavy atom. The molecule has 0 bridgehead atoms. The SMILES string of the molecule is O=c1c(=O)c(=O)c2nc3ccccc3nc2c1=O. The zero-order valence-corrected chi connectivity index (χ0v) is 8.84. The number of hydrogen-bond donors (Lipinski definition) is 0. The van der Waals surface area contributed by atoms with E-state index in [1.807, 2.05) is 0 Å². The minimum absolute atomic E-state index is 0.344. The molecule has 0 aliphatic heterocycles. The summed E-state index contributed by atoms with van der Waals surface area (Å²) in [5.74, 6) is 0. The third kappa shape index (κ3) is 1.22. The van der Waals surface area contributed by atoms with E-state index in [2.05, 4.69) is 9.97 Å². The van der Waals surface area contributed by atoms with Gasteiger partial charge in [0.25, 0.3) is 21.7 Å². The summed E-state index contributed by atoms with van der Waals surface area (Å²) < 4.78 is 0. The topological polar surface area (TPSA) is 94.1 Å². The van der Waals surface area contributed by atoms with Crippen molar-refractivity contribution in [2.45, 2.75) is 0 Å². The van der Waals surface area contributed by atoms with Crippen LogP contribution in [0, 0.1) is 0 Å². The molecule has 0 unspecified atom stereocenters. The second-order valence-electron chi connectivity index (χ2n) is 3.73. The lowest BCUT2D eigenvalue weighted by molar-refractivity contribution is 1.30. The Morgan fingerprint density at radius 1 is 0.611 bits per heavy atom. The smallest absolute Gasteiger partial charge is 0.279 e. The van der Waals surface area contributed by atoms with Gasteiger partial charge in [0.1, 0.15) is 11.0 Å². The summed E-state index contributed by atoms with van der Waals surface area (Å²) in [6.45, 7) is 0. The van der Waals surface area contributed by atoms with Gasteiger partial charge in [-0.05, 0) is 12.1 Å². The Bertz CT molecular complexity index is 919. The zero-order chi connectivity index (χ0) is 12.9. The summed E-state index contributed by atoms with van der Waals surface area (Å²) in [6.07, 6.45) is 0. The average molecular weight is 240 g/mol. The Kier molecular flexibility index (Phi) is 1.94. The fourth-order valence-corrected chi connectivity index (χ4v) is 1.74. The number of aromatic nitrogens is 2. The molecule has 0 N–H and O–H groups in total. The van der Waals surface area contributed by atoms with Crippen LogP contribution in [0.5, 0.6) is 0 Å². The van der Waals surface area contributed by atoms with E-state index in [4.69, 9.17) is 0 Å². The molecule has 3 rings (SSSR count). The first kappa shape index (κ1) is 10.4. The highest BCUT2D eigenvalue weighted by Crippen LogP contribution is 2.09. The number of para-hydroxylation sites is 2. The van der Waals surface area contributed by atoms with E-state index in [1.54, 1.807) is 24.3 Å². The predicted molar refractivity (Wildman–Crippen MR) is 64.5 cm³/mol. The molecule has 3 aromatic rings. The van der Waals surface area contributed by atoms with Crippen LogP contribution in [0.4, 0.5) is 0 Å². The van der Waals surface area contributed by atoms with Crippen LogP contribution < -0.4 is 21.7 Å². The van der Waals surface area contributed by atoms with Gasteiger partial charge in [-0.2, -0.15) is 0 Å². The van der Waals surface area contributed by atoms with Gasteiger partial charge in [0.2, 0.25) is 0 Å². The van der Waals surface area contributed by atoms with E-state index >= 15 is 0 Å². The second-order valence-corrected chi connectivity index (χ2v) is 3.73. The van der Waals surface area contributed by atoms with E-state index in [9.17, 15) is 19.2 Å². The summed E-state index contributed by atoms with van der Waals surface area (Å²) >= 11 is 0. The molecule has 0 saturated heterocycles. The third-order valence-electron chi connectivity index (χ3n) is 2.62. The van der Waals surface area contributed by atoms with E-state index in [0.717, 1.165) is 0 Å². The number of hydrogen-bond acceptors (Lipinski definition) is 6. The van der Waals surface area contributed by atoms with Crippen molar-refractivity contribution in [3.63, 3.8) is 0 Å². The van der Waals surface area contributed by atoms with Gasteiger partial charge in [-0.3, -0.25) is 19.2 Å². The van der Waals surface area contributed by atoms with Crippen LogP contribution in [0.1, 0.15) is 0 Å². The van der Waals surface area contributed by atoms with Crippen molar-refractivity contribution < 1.29 is 0 Å². The van der Waals surface area contributed by atoms with Gasteiger partial charge in [-0.1, -0.05) is 12.1 Å². The standard InChI is InChI=1S/C12H4N2O4/c15-9-7-8(10(16)12(18)11(9)17)14-6-4-2-1-3-5(6)13-7/h1-4H. The van der Waals surface area contributed by atoms with Gasteiger partial charge in [0.05, 0.1) is 11.0 Å². The molecule has 1 heterocycles. The minimum Gasteiger partial charge on any atom is -0.283 e. The van der Waals surface area contributed by atoms with E-state index in [1.165, 1.54) is 0 Å². The number of rotatable bonds is 0. The van der Waals surface area contributed by atoms with Crippen LogP contribution >= 0.6 is 0 Å². The molecule has 0 aliphatic carbocycles. The van der Waals surface area contributed by atoms with Crippen molar-refractivity contribution in [1.82, 2.24) is 9.97 Å². The maximum absolute atomic E-state index is 11.6. The quantitative estimate of drug-likeness (QED) is 0.373. The lowest BCUT2D eigenvalue weighted by Gasteiger charge is -1.97. The molecular weight excluding hydrogens is 236 g/mol. The number of nitrogens with zero attached hydrogens (tertiary/aromatic N) is 2. The van der Waals surface area contributed by atoms with Gasteiger partial charge < -0.3 is 0 Å². The monoisotopic (exact) mass is 240 g/mol. The molecule has 0 spiro atoms. The summed E-state index contributed by atoms with van der Waals surface area (Å²) in [5, 5.41) is 0. The highest BCUT2D eigenvalue weighted by Gasteiger charge is 2.15. The zero-order valence-electron chi connectivity index (χ0n) is 8.84. The molecule has 0 atom stereocenters. The minimum atomic E-state index is -1.35. The van der Waals surface area contributed by atoms with E-state index < -0.39 is 21.7 Å². The molecule has 0 radical (unpaired) electrons. The molecule has 6 heteroatoms. The molecule has 0 saturated carbocycles. The van der Waals surface area contributed by atoms with Gasteiger partial charge in [0, 0.05) is 0 Å². The van der Waals surface area contributed by atoms with Crippen molar-refractivity contribution in [3.8, 4) is 0 Å².